The van der Waals surface area contributed by atoms with Crippen LogP contribution in [0.15, 0.2) is 54.6 Å². The van der Waals surface area contributed by atoms with E-state index in [1.54, 1.807) is 24.3 Å². The van der Waals surface area contributed by atoms with Gasteiger partial charge in [0.2, 0.25) is 5.91 Å². The fraction of sp³-hybridized carbons (Fsp3) is 0.222. The van der Waals surface area contributed by atoms with Crippen LogP contribution < -0.4 is 10.1 Å². The quantitative estimate of drug-likeness (QED) is 0.429. The van der Waals surface area contributed by atoms with Gasteiger partial charge in [-0.25, -0.2) is 0 Å². The van der Waals surface area contributed by atoms with Crippen molar-refractivity contribution in [2.45, 2.75) is 12.8 Å². The van der Waals surface area contributed by atoms with Gasteiger partial charge in [0.05, 0.1) is 18.0 Å². The van der Waals surface area contributed by atoms with Gasteiger partial charge >= 0.3 is 0 Å². The second kappa shape index (κ2) is 9.17. The highest BCUT2D eigenvalue weighted by Gasteiger charge is 2.07. The van der Waals surface area contributed by atoms with Gasteiger partial charge in [0, 0.05) is 30.7 Å². The average molecular weight is 342 g/mol. The van der Waals surface area contributed by atoms with Crippen molar-refractivity contribution in [3.05, 3.63) is 70.3 Å². The summed E-state index contributed by atoms with van der Waals surface area (Å²) in [6.07, 6.45) is 0.371. The Balaban J connectivity index is 1.64. The molecule has 25 heavy (non-hydrogen) atoms. The summed E-state index contributed by atoms with van der Waals surface area (Å²) in [5.41, 5.74) is 0.603. The van der Waals surface area contributed by atoms with Crippen molar-refractivity contribution in [1.82, 2.24) is 5.32 Å². The van der Waals surface area contributed by atoms with E-state index in [1.165, 1.54) is 24.3 Å². The van der Waals surface area contributed by atoms with Crippen molar-refractivity contribution in [2.75, 3.05) is 13.2 Å². The lowest BCUT2D eigenvalue weighted by Crippen LogP contribution is -2.27. The fourth-order valence-corrected chi connectivity index (χ4v) is 2.10. The van der Waals surface area contributed by atoms with Gasteiger partial charge in [-0.05, 0) is 12.1 Å². The highest BCUT2D eigenvalue weighted by Crippen LogP contribution is 2.17. The van der Waals surface area contributed by atoms with E-state index < -0.39 is 4.92 Å². The summed E-state index contributed by atoms with van der Waals surface area (Å²) >= 11 is 0. The summed E-state index contributed by atoms with van der Waals surface area (Å²) in [5, 5.41) is 13.2. The molecule has 1 N–H and O–H groups in total. The molecule has 0 radical (unpaired) electrons. The molecule has 2 rings (SSSR count). The number of nitrogens with one attached hydrogen (secondary N) is 1. The molecule has 0 bridgehead atoms. The standard InChI is InChI=1S/C18H18N2O5/c21-17(14-4-2-1-3-5-14)10-12-19-18(22)11-13-25-16-8-6-15(7-9-16)20(23)24/h1-9H,10-13H2,(H,19,22). The minimum atomic E-state index is -0.492. The first-order chi connectivity index (χ1) is 12.1. The third kappa shape index (κ3) is 6.06. The van der Waals surface area contributed by atoms with Crippen molar-refractivity contribution in [1.29, 1.82) is 0 Å². The van der Waals surface area contributed by atoms with Crippen LogP contribution in [-0.2, 0) is 4.79 Å². The first-order valence-electron chi connectivity index (χ1n) is 7.78. The zero-order chi connectivity index (χ0) is 18.1. The maximum Gasteiger partial charge on any atom is 0.269 e. The molecule has 0 aliphatic heterocycles. The number of nitro benzene ring substituents is 1. The Morgan fingerprint density at radius 3 is 2.32 bits per heavy atom. The Morgan fingerprint density at radius 1 is 1.00 bits per heavy atom. The van der Waals surface area contributed by atoms with E-state index in [4.69, 9.17) is 4.74 Å². The molecule has 0 saturated carbocycles. The average Bonchev–Trinajstić information content (AvgIpc) is 2.63. The molecule has 0 spiro atoms. The number of non-ortho nitro benzene ring substituents is 1. The van der Waals surface area contributed by atoms with Gasteiger partial charge in [0.25, 0.3) is 5.69 Å². The summed E-state index contributed by atoms with van der Waals surface area (Å²) in [6.45, 7) is 0.417. The van der Waals surface area contributed by atoms with Crippen molar-refractivity contribution >= 4 is 17.4 Å². The van der Waals surface area contributed by atoms with E-state index in [0.717, 1.165) is 0 Å². The van der Waals surface area contributed by atoms with Gasteiger partial charge < -0.3 is 10.1 Å². The van der Waals surface area contributed by atoms with Crippen molar-refractivity contribution in [2.24, 2.45) is 0 Å². The van der Waals surface area contributed by atoms with Crippen LogP contribution in [0.2, 0.25) is 0 Å². The van der Waals surface area contributed by atoms with Crippen molar-refractivity contribution < 1.29 is 19.2 Å². The Hall–Kier alpha value is -3.22. The lowest BCUT2D eigenvalue weighted by atomic mass is 10.1. The molecule has 7 heteroatoms. The van der Waals surface area contributed by atoms with E-state index in [-0.39, 0.29) is 43.4 Å². The van der Waals surface area contributed by atoms with Crippen LogP contribution in [0.4, 0.5) is 5.69 Å². The number of carbonyl (C=O) groups is 2. The second-order valence-corrected chi connectivity index (χ2v) is 5.24. The number of Topliss-reactive ketones (excluding diaryl/α,β-unsaturated/α-hetero) is 1. The smallest absolute Gasteiger partial charge is 0.269 e. The topological polar surface area (TPSA) is 98.5 Å². The van der Waals surface area contributed by atoms with E-state index >= 15 is 0 Å². The third-order valence-electron chi connectivity index (χ3n) is 3.42. The largest absolute Gasteiger partial charge is 0.493 e. The highest BCUT2D eigenvalue weighted by molar-refractivity contribution is 5.96. The zero-order valence-electron chi connectivity index (χ0n) is 13.5. The van der Waals surface area contributed by atoms with E-state index in [0.29, 0.717) is 11.3 Å². The number of amides is 1. The number of rotatable bonds is 9. The predicted molar refractivity (Wildman–Crippen MR) is 91.6 cm³/mol. The van der Waals surface area contributed by atoms with Crippen LogP contribution in [0, 0.1) is 10.1 Å². The van der Waals surface area contributed by atoms with Gasteiger partial charge in [-0.3, -0.25) is 19.7 Å². The Kier molecular flexibility index (Phi) is 6.65. The van der Waals surface area contributed by atoms with Gasteiger partial charge in [-0.15, -0.1) is 0 Å². The van der Waals surface area contributed by atoms with Gasteiger partial charge in [0.15, 0.2) is 5.78 Å². The number of nitro groups is 1. The van der Waals surface area contributed by atoms with Crippen molar-refractivity contribution in [3.8, 4) is 5.75 Å². The minimum Gasteiger partial charge on any atom is -0.493 e. The number of nitrogens with zero attached hydrogens (tertiary/aromatic N) is 1. The summed E-state index contributed by atoms with van der Waals surface area (Å²) in [7, 11) is 0. The molecule has 130 valence electrons. The zero-order valence-corrected chi connectivity index (χ0v) is 13.5. The molecule has 0 unspecified atom stereocenters. The van der Waals surface area contributed by atoms with Crippen molar-refractivity contribution in [3.63, 3.8) is 0 Å². The monoisotopic (exact) mass is 342 g/mol. The molecule has 1 amide bonds. The normalized spacial score (nSPS) is 10.1. The molecular formula is C18H18N2O5. The number of carbonyl (C=O) groups excluding carboxylic acids is 2. The fourth-order valence-electron chi connectivity index (χ4n) is 2.10. The molecule has 2 aromatic rings. The number of hydrogen-bond donors (Lipinski definition) is 1. The number of ether oxygens (including phenoxy) is 1. The number of hydrogen-bond acceptors (Lipinski definition) is 5. The molecular weight excluding hydrogens is 324 g/mol. The third-order valence-corrected chi connectivity index (χ3v) is 3.42. The van der Waals surface area contributed by atoms with Crippen LogP contribution in [0.1, 0.15) is 23.2 Å². The first-order valence-corrected chi connectivity index (χ1v) is 7.78. The van der Waals surface area contributed by atoms with E-state index in [1.807, 2.05) is 6.07 Å². The van der Waals surface area contributed by atoms with Gasteiger partial charge in [-0.2, -0.15) is 0 Å². The summed E-state index contributed by atoms with van der Waals surface area (Å²) in [6, 6.07) is 14.5. The molecule has 0 saturated heterocycles. The molecule has 0 fully saturated rings. The number of benzene rings is 2. The van der Waals surface area contributed by atoms with Crippen LogP contribution in [0.25, 0.3) is 0 Å². The summed E-state index contributed by atoms with van der Waals surface area (Å²) in [5.74, 6) is 0.212. The Morgan fingerprint density at radius 2 is 1.68 bits per heavy atom. The molecule has 0 aliphatic carbocycles. The Bertz CT molecular complexity index is 729. The molecule has 0 aromatic heterocycles. The van der Waals surface area contributed by atoms with E-state index in [2.05, 4.69) is 5.32 Å². The molecule has 0 atom stereocenters. The van der Waals surface area contributed by atoms with Crippen LogP contribution >= 0.6 is 0 Å². The maximum atomic E-state index is 11.9. The van der Waals surface area contributed by atoms with Gasteiger partial charge in [-0.1, -0.05) is 30.3 Å². The molecule has 7 nitrogen and oxygen atoms in total. The molecule has 0 aliphatic rings. The highest BCUT2D eigenvalue weighted by atomic mass is 16.6. The molecule has 2 aromatic carbocycles. The van der Waals surface area contributed by atoms with Gasteiger partial charge in [0.1, 0.15) is 5.75 Å². The van der Waals surface area contributed by atoms with Crippen LogP contribution in [-0.4, -0.2) is 29.8 Å². The second-order valence-electron chi connectivity index (χ2n) is 5.24. The summed E-state index contributed by atoms with van der Waals surface area (Å²) < 4.78 is 5.36. The molecule has 0 heterocycles. The lowest BCUT2D eigenvalue weighted by molar-refractivity contribution is -0.384. The maximum absolute atomic E-state index is 11.9. The predicted octanol–water partition coefficient (Wildman–Crippen LogP) is 2.75. The summed E-state index contributed by atoms with van der Waals surface area (Å²) in [4.78, 5) is 33.6. The minimum absolute atomic E-state index is 0.0202. The number of ketones is 1. The Labute approximate surface area is 144 Å². The van der Waals surface area contributed by atoms with Crippen LogP contribution in [0.5, 0.6) is 5.75 Å². The lowest BCUT2D eigenvalue weighted by Gasteiger charge is -2.07. The SMILES string of the molecule is O=C(CCOc1ccc([N+](=O)[O-])cc1)NCCC(=O)c1ccccc1. The van der Waals surface area contributed by atoms with E-state index in [9.17, 15) is 19.7 Å². The first kappa shape index (κ1) is 18.1. The van der Waals surface area contributed by atoms with Crippen LogP contribution in [0.3, 0.4) is 0 Å².